The van der Waals surface area contributed by atoms with Crippen molar-refractivity contribution in [3.63, 3.8) is 0 Å². The summed E-state index contributed by atoms with van der Waals surface area (Å²) in [4.78, 5) is 13.7. The fraction of sp³-hybridized carbons (Fsp3) is 0.464. The van der Waals surface area contributed by atoms with Crippen LogP contribution < -0.4 is 14.9 Å². The van der Waals surface area contributed by atoms with Crippen molar-refractivity contribution in [1.29, 1.82) is 0 Å². The molecule has 0 bridgehead atoms. The van der Waals surface area contributed by atoms with Gasteiger partial charge in [-0.15, -0.1) is 0 Å². The molecule has 0 spiro atoms. The number of fused-ring (bicyclic) bond motifs is 1. The van der Waals surface area contributed by atoms with Gasteiger partial charge in [0.15, 0.2) is 5.43 Å². The second kappa shape index (κ2) is 12.3. The Morgan fingerprint density at radius 2 is 1.40 bits per heavy atom. The van der Waals surface area contributed by atoms with Gasteiger partial charge in [-0.1, -0.05) is 0 Å². The summed E-state index contributed by atoms with van der Waals surface area (Å²) < 4.78 is 28.7. The Bertz CT molecular complexity index is 1490. The second-order valence-corrected chi connectivity index (χ2v) is 10.3. The van der Waals surface area contributed by atoms with Gasteiger partial charge in [0, 0.05) is 17.7 Å². The van der Waals surface area contributed by atoms with E-state index in [0.717, 1.165) is 6.07 Å². The van der Waals surface area contributed by atoms with E-state index >= 15 is 0 Å². The molecular formula is C28H32O15. The van der Waals surface area contributed by atoms with Gasteiger partial charge in [0.25, 0.3) is 0 Å². The molecule has 3 heterocycles. The van der Waals surface area contributed by atoms with Crippen LogP contribution in [0.5, 0.6) is 17.2 Å². The summed E-state index contributed by atoms with van der Waals surface area (Å²) in [6.07, 6.45) is -17.0. The first-order valence-corrected chi connectivity index (χ1v) is 13.3. The van der Waals surface area contributed by atoms with Crippen molar-refractivity contribution >= 4 is 11.0 Å². The van der Waals surface area contributed by atoms with Crippen LogP contribution >= 0.6 is 0 Å². The van der Waals surface area contributed by atoms with Crippen molar-refractivity contribution in [2.24, 2.45) is 0 Å². The van der Waals surface area contributed by atoms with Crippen LogP contribution in [0.1, 0.15) is 11.7 Å². The predicted octanol–water partition coefficient (Wildman–Crippen LogP) is -2.13. The summed E-state index contributed by atoms with van der Waals surface area (Å²) in [6, 6.07) is 8.16. The Morgan fingerprint density at radius 3 is 2.00 bits per heavy atom. The molecule has 0 aliphatic carbocycles. The fourth-order valence-electron chi connectivity index (χ4n) is 5.23. The van der Waals surface area contributed by atoms with Crippen molar-refractivity contribution in [2.75, 3.05) is 20.3 Å². The first kappa shape index (κ1) is 31.1. The Balaban J connectivity index is 1.73. The smallest absolute Gasteiger partial charge is 0.229 e. The van der Waals surface area contributed by atoms with Crippen LogP contribution in [-0.2, 0) is 9.47 Å². The number of hydrogen-bond donors (Lipinski definition) is 9. The van der Waals surface area contributed by atoms with Gasteiger partial charge < -0.3 is 69.3 Å². The van der Waals surface area contributed by atoms with Gasteiger partial charge in [0.1, 0.15) is 88.9 Å². The van der Waals surface area contributed by atoms with Crippen molar-refractivity contribution in [2.45, 2.75) is 61.2 Å². The zero-order chi connectivity index (χ0) is 31.2. The summed E-state index contributed by atoms with van der Waals surface area (Å²) in [5.74, 6) is -0.511. The van der Waals surface area contributed by atoms with Gasteiger partial charge in [0.2, 0.25) is 6.29 Å². The summed E-state index contributed by atoms with van der Waals surface area (Å²) >= 11 is 0. The van der Waals surface area contributed by atoms with Crippen molar-refractivity contribution in [1.82, 2.24) is 0 Å². The molecule has 0 amide bonds. The normalized spacial score (nSPS) is 33.0. The molecule has 2 saturated heterocycles. The van der Waals surface area contributed by atoms with Crippen molar-refractivity contribution in [3.05, 3.63) is 52.2 Å². The number of benzene rings is 2. The number of rotatable bonds is 7. The highest BCUT2D eigenvalue weighted by molar-refractivity contribution is 5.89. The summed E-state index contributed by atoms with van der Waals surface area (Å²) in [7, 11) is 1.23. The SMILES string of the molecule is COc1cc2oc(-c3ccc(O)cc3)cc(=O)c2c(OC2OC(CO)C(O)C(O)C2O)c1C1OC(CO)C(O)C(O)C1O. The van der Waals surface area contributed by atoms with Crippen LogP contribution in [0.4, 0.5) is 0 Å². The van der Waals surface area contributed by atoms with Gasteiger partial charge in [-0.05, 0) is 24.3 Å². The molecule has 15 nitrogen and oxygen atoms in total. The number of methoxy groups -OCH3 is 1. The molecule has 2 aliphatic heterocycles. The number of aliphatic hydroxyl groups excluding tert-OH is 8. The predicted molar refractivity (Wildman–Crippen MR) is 143 cm³/mol. The van der Waals surface area contributed by atoms with Crippen molar-refractivity contribution in [3.8, 4) is 28.6 Å². The Kier molecular flexibility index (Phi) is 8.92. The van der Waals surface area contributed by atoms with Gasteiger partial charge in [-0.25, -0.2) is 0 Å². The maximum atomic E-state index is 13.7. The summed E-state index contributed by atoms with van der Waals surface area (Å²) in [5, 5.41) is 91.8. The molecule has 0 saturated carbocycles. The molecule has 5 rings (SSSR count). The Morgan fingerprint density at radius 1 is 0.791 bits per heavy atom. The average Bonchev–Trinajstić information content (AvgIpc) is 3.00. The number of hydrogen-bond acceptors (Lipinski definition) is 15. The van der Waals surface area contributed by atoms with E-state index in [9.17, 15) is 50.8 Å². The van der Waals surface area contributed by atoms with E-state index in [-0.39, 0.29) is 33.8 Å². The third-order valence-corrected chi connectivity index (χ3v) is 7.61. The minimum absolute atomic E-state index is 0.0204. The van der Waals surface area contributed by atoms with E-state index in [0.29, 0.717) is 5.56 Å². The van der Waals surface area contributed by atoms with Crippen molar-refractivity contribution < 1.29 is 69.3 Å². The molecule has 43 heavy (non-hydrogen) atoms. The minimum Gasteiger partial charge on any atom is -0.508 e. The van der Waals surface area contributed by atoms with E-state index in [4.69, 9.17) is 23.4 Å². The maximum absolute atomic E-state index is 13.7. The quantitative estimate of drug-likeness (QED) is 0.139. The lowest BCUT2D eigenvalue weighted by atomic mass is 9.89. The van der Waals surface area contributed by atoms with E-state index < -0.39 is 85.6 Å². The van der Waals surface area contributed by atoms with Crippen LogP contribution in [0.15, 0.2) is 45.6 Å². The van der Waals surface area contributed by atoms with Gasteiger partial charge >= 0.3 is 0 Å². The van der Waals surface area contributed by atoms with Crippen LogP contribution in [0.3, 0.4) is 0 Å². The third-order valence-electron chi connectivity index (χ3n) is 7.61. The standard InChI is InChI=1S/C28H32O15/c1-39-14-7-15-18(12(32)6-13(40-15)10-2-4-11(31)5-3-10)26(43-28-25(38)23(36)21(34)17(9-30)42-28)19(14)27-24(37)22(35)20(33)16(8-29)41-27/h2-7,16-17,20-25,27-31,33-38H,8-9H2,1H3. The fourth-order valence-corrected chi connectivity index (χ4v) is 5.23. The number of phenols is 1. The monoisotopic (exact) mass is 608 g/mol. The lowest BCUT2D eigenvalue weighted by Gasteiger charge is -2.42. The lowest BCUT2D eigenvalue weighted by Crippen LogP contribution is -2.60. The first-order chi connectivity index (χ1) is 20.5. The molecule has 10 unspecified atom stereocenters. The number of phenolic OH excluding ortho intramolecular Hbond substituents is 1. The molecule has 2 fully saturated rings. The molecule has 1 aromatic heterocycles. The number of aromatic hydroxyl groups is 1. The van der Waals surface area contributed by atoms with Crippen LogP contribution in [-0.4, -0.2) is 121 Å². The zero-order valence-corrected chi connectivity index (χ0v) is 22.6. The third kappa shape index (κ3) is 5.56. The number of aliphatic hydroxyl groups is 8. The van der Waals surface area contributed by atoms with E-state index in [2.05, 4.69) is 0 Å². The largest absolute Gasteiger partial charge is 0.508 e. The van der Waals surface area contributed by atoms with Crippen LogP contribution in [0.25, 0.3) is 22.3 Å². The molecule has 2 aromatic carbocycles. The molecule has 0 radical (unpaired) electrons. The van der Waals surface area contributed by atoms with E-state index in [1.165, 1.54) is 37.4 Å². The highest BCUT2D eigenvalue weighted by Gasteiger charge is 2.49. The van der Waals surface area contributed by atoms with Gasteiger partial charge in [-0.3, -0.25) is 4.79 Å². The highest BCUT2D eigenvalue weighted by Crippen LogP contribution is 2.46. The molecule has 10 atom stereocenters. The zero-order valence-electron chi connectivity index (χ0n) is 22.6. The molecule has 234 valence electrons. The molecule has 9 N–H and O–H groups in total. The Labute approximate surface area is 242 Å². The van der Waals surface area contributed by atoms with Gasteiger partial charge in [0.05, 0.1) is 25.9 Å². The molecular weight excluding hydrogens is 576 g/mol. The highest BCUT2D eigenvalue weighted by atomic mass is 16.7. The van der Waals surface area contributed by atoms with E-state index in [1.54, 1.807) is 0 Å². The minimum atomic E-state index is -1.91. The Hall–Kier alpha value is -3.35. The molecule has 3 aromatic rings. The van der Waals surface area contributed by atoms with Crippen LogP contribution in [0, 0.1) is 0 Å². The first-order valence-electron chi connectivity index (χ1n) is 13.3. The second-order valence-electron chi connectivity index (χ2n) is 10.3. The molecule has 2 aliphatic rings. The van der Waals surface area contributed by atoms with Crippen LogP contribution in [0.2, 0.25) is 0 Å². The molecule has 15 heteroatoms. The maximum Gasteiger partial charge on any atom is 0.229 e. The topological polar surface area (TPSA) is 249 Å². The average molecular weight is 609 g/mol. The number of ether oxygens (including phenoxy) is 4. The summed E-state index contributed by atoms with van der Waals surface area (Å²) in [5.41, 5.74) is -0.628. The lowest BCUT2D eigenvalue weighted by molar-refractivity contribution is -0.278. The van der Waals surface area contributed by atoms with E-state index in [1.807, 2.05) is 0 Å². The van der Waals surface area contributed by atoms with Gasteiger partial charge in [-0.2, -0.15) is 0 Å². The summed E-state index contributed by atoms with van der Waals surface area (Å²) in [6.45, 7) is -1.54.